The Bertz CT molecular complexity index is 499. The second-order valence-corrected chi connectivity index (χ2v) is 5.22. The van der Waals surface area contributed by atoms with E-state index in [2.05, 4.69) is 0 Å². The third-order valence-electron chi connectivity index (χ3n) is 3.32. The normalized spacial score (nSPS) is 18.1. The highest BCUT2D eigenvalue weighted by Gasteiger charge is 2.40. The van der Waals surface area contributed by atoms with Crippen molar-refractivity contribution in [2.45, 2.75) is 32.1 Å². The molecule has 0 atom stereocenters. The molecule has 1 heterocycles. The van der Waals surface area contributed by atoms with Gasteiger partial charge in [-0.1, -0.05) is 13.8 Å². The summed E-state index contributed by atoms with van der Waals surface area (Å²) in [5.41, 5.74) is 0.870. The number of carbonyl (C=O) groups is 1. The number of amides is 1. The summed E-state index contributed by atoms with van der Waals surface area (Å²) in [4.78, 5) is 13.4. The summed E-state index contributed by atoms with van der Waals surface area (Å²) in [5.74, 6) is -3.72. The van der Waals surface area contributed by atoms with Gasteiger partial charge in [0.2, 0.25) is 0 Å². The van der Waals surface area contributed by atoms with E-state index in [1.165, 1.54) is 18.2 Å². The molecule has 0 spiro atoms. The molecule has 5 heteroatoms. The van der Waals surface area contributed by atoms with E-state index >= 15 is 0 Å². The third kappa shape index (κ3) is 2.91. The molecule has 0 radical (unpaired) electrons. The van der Waals surface area contributed by atoms with Gasteiger partial charge < -0.3 is 4.90 Å². The van der Waals surface area contributed by atoms with Crippen LogP contribution in [-0.2, 0) is 0 Å². The fourth-order valence-electron chi connectivity index (χ4n) is 2.29. The highest BCUT2D eigenvalue weighted by Crippen LogP contribution is 2.29. The zero-order chi connectivity index (χ0) is 14.2. The van der Waals surface area contributed by atoms with Crippen molar-refractivity contribution in [3.05, 3.63) is 35.1 Å². The van der Waals surface area contributed by atoms with Gasteiger partial charge in [-0.3, -0.25) is 4.79 Å². The second-order valence-electron chi connectivity index (χ2n) is 5.22. The Hall–Kier alpha value is -1.52. The van der Waals surface area contributed by atoms with Gasteiger partial charge in [-0.2, -0.15) is 0 Å². The molecule has 1 aliphatic rings. The maximum absolute atomic E-state index is 13.2. The molecule has 1 aromatic carbocycles. The highest BCUT2D eigenvalue weighted by atomic mass is 19.3. The van der Waals surface area contributed by atoms with E-state index in [-0.39, 0.29) is 18.9 Å². The molecule has 0 N–H and O–H groups in total. The first kappa shape index (κ1) is 13.9. The van der Waals surface area contributed by atoms with Gasteiger partial charge in [0.25, 0.3) is 11.8 Å². The molecule has 1 fully saturated rings. The molecule has 2 nitrogen and oxygen atoms in total. The van der Waals surface area contributed by atoms with Crippen LogP contribution in [0.3, 0.4) is 0 Å². The summed E-state index contributed by atoms with van der Waals surface area (Å²) < 4.78 is 39.5. The van der Waals surface area contributed by atoms with Crippen LogP contribution in [0.2, 0.25) is 0 Å². The maximum Gasteiger partial charge on any atom is 0.267 e. The van der Waals surface area contributed by atoms with E-state index in [1.54, 1.807) is 0 Å². The molecule has 1 aliphatic heterocycles. The van der Waals surface area contributed by atoms with Crippen LogP contribution in [0.5, 0.6) is 0 Å². The molecule has 1 aromatic rings. The Morgan fingerprint density at radius 1 is 1.37 bits per heavy atom. The van der Waals surface area contributed by atoms with Crippen LogP contribution in [0.4, 0.5) is 13.2 Å². The molecule has 2 rings (SSSR count). The van der Waals surface area contributed by atoms with Gasteiger partial charge in [0.05, 0.1) is 6.54 Å². The first-order valence-corrected chi connectivity index (χ1v) is 6.27. The SMILES string of the molecule is CC(C)c1cc(F)ccc1C(=O)N1CCC(F)(F)C1. The van der Waals surface area contributed by atoms with Crippen molar-refractivity contribution in [3.63, 3.8) is 0 Å². The van der Waals surface area contributed by atoms with Crippen LogP contribution in [0.1, 0.15) is 42.1 Å². The highest BCUT2D eigenvalue weighted by molar-refractivity contribution is 5.96. The number of likely N-dealkylation sites (tertiary alicyclic amines) is 1. The minimum Gasteiger partial charge on any atom is -0.332 e. The molecular weight excluding hydrogens is 255 g/mol. The van der Waals surface area contributed by atoms with Gasteiger partial charge in [-0.05, 0) is 29.7 Å². The minimum atomic E-state index is -2.81. The molecule has 0 saturated carbocycles. The zero-order valence-corrected chi connectivity index (χ0v) is 10.9. The van der Waals surface area contributed by atoms with Crippen LogP contribution in [0.25, 0.3) is 0 Å². The topological polar surface area (TPSA) is 20.3 Å². The largest absolute Gasteiger partial charge is 0.332 e. The van der Waals surface area contributed by atoms with Gasteiger partial charge in [-0.25, -0.2) is 13.2 Å². The summed E-state index contributed by atoms with van der Waals surface area (Å²) >= 11 is 0. The minimum absolute atomic E-state index is 0.0424. The van der Waals surface area contributed by atoms with E-state index in [4.69, 9.17) is 0 Å². The fraction of sp³-hybridized carbons (Fsp3) is 0.500. The number of nitrogens with zero attached hydrogens (tertiary/aromatic N) is 1. The van der Waals surface area contributed by atoms with Gasteiger partial charge in [0.1, 0.15) is 5.82 Å². The Morgan fingerprint density at radius 3 is 2.58 bits per heavy atom. The van der Waals surface area contributed by atoms with Crippen molar-refractivity contribution in [2.24, 2.45) is 0 Å². The quantitative estimate of drug-likeness (QED) is 0.807. The molecule has 0 bridgehead atoms. The van der Waals surface area contributed by atoms with Crippen molar-refractivity contribution in [3.8, 4) is 0 Å². The van der Waals surface area contributed by atoms with Crippen LogP contribution in [0, 0.1) is 5.82 Å². The number of hydrogen-bond donors (Lipinski definition) is 0. The smallest absolute Gasteiger partial charge is 0.267 e. The fourth-order valence-corrected chi connectivity index (χ4v) is 2.29. The first-order valence-electron chi connectivity index (χ1n) is 6.27. The first-order chi connectivity index (χ1) is 8.80. The summed E-state index contributed by atoms with van der Waals surface area (Å²) in [5, 5.41) is 0. The molecule has 0 aliphatic carbocycles. The lowest BCUT2D eigenvalue weighted by atomic mass is 9.96. The summed E-state index contributed by atoms with van der Waals surface area (Å²) in [7, 11) is 0. The van der Waals surface area contributed by atoms with Crippen LogP contribution >= 0.6 is 0 Å². The third-order valence-corrected chi connectivity index (χ3v) is 3.32. The average Bonchev–Trinajstić information content (AvgIpc) is 2.68. The molecule has 0 unspecified atom stereocenters. The predicted octanol–water partition coefficient (Wildman–Crippen LogP) is 3.43. The lowest BCUT2D eigenvalue weighted by Crippen LogP contribution is -2.32. The number of benzene rings is 1. The van der Waals surface area contributed by atoms with E-state index in [9.17, 15) is 18.0 Å². The Labute approximate surface area is 110 Å². The van der Waals surface area contributed by atoms with Crippen LogP contribution in [0.15, 0.2) is 18.2 Å². The average molecular weight is 271 g/mol. The monoisotopic (exact) mass is 271 g/mol. The lowest BCUT2D eigenvalue weighted by molar-refractivity contribution is 0.0120. The van der Waals surface area contributed by atoms with Gasteiger partial charge in [0, 0.05) is 18.5 Å². The Morgan fingerprint density at radius 2 is 2.05 bits per heavy atom. The van der Waals surface area contributed by atoms with Crippen molar-refractivity contribution in [1.29, 1.82) is 0 Å². The molecule has 0 aromatic heterocycles. The van der Waals surface area contributed by atoms with E-state index in [0.717, 1.165) is 4.90 Å². The van der Waals surface area contributed by atoms with Crippen molar-refractivity contribution in [2.75, 3.05) is 13.1 Å². The van der Waals surface area contributed by atoms with Gasteiger partial charge >= 0.3 is 0 Å². The lowest BCUT2D eigenvalue weighted by Gasteiger charge is -2.19. The maximum atomic E-state index is 13.2. The van der Waals surface area contributed by atoms with Crippen molar-refractivity contribution < 1.29 is 18.0 Å². The molecule has 104 valence electrons. The summed E-state index contributed by atoms with van der Waals surface area (Å²) in [6.07, 6.45) is -0.309. The standard InChI is InChI=1S/C14H16F3NO/c1-9(2)12-7-10(15)3-4-11(12)13(19)18-6-5-14(16,17)8-18/h3-4,7,9H,5-6,8H2,1-2H3. The van der Waals surface area contributed by atoms with Crippen molar-refractivity contribution >= 4 is 5.91 Å². The summed E-state index contributed by atoms with van der Waals surface area (Å²) in [6.45, 7) is 3.16. The van der Waals surface area contributed by atoms with E-state index in [1.807, 2.05) is 13.8 Å². The second kappa shape index (κ2) is 4.87. The Kier molecular flexibility index (Phi) is 3.56. The van der Waals surface area contributed by atoms with E-state index in [0.29, 0.717) is 11.1 Å². The number of alkyl halides is 2. The van der Waals surface area contributed by atoms with Gasteiger partial charge in [-0.15, -0.1) is 0 Å². The van der Waals surface area contributed by atoms with Crippen LogP contribution in [-0.4, -0.2) is 29.8 Å². The van der Waals surface area contributed by atoms with Gasteiger partial charge in [0.15, 0.2) is 0 Å². The predicted molar refractivity (Wildman–Crippen MR) is 66.0 cm³/mol. The van der Waals surface area contributed by atoms with Crippen LogP contribution < -0.4 is 0 Å². The molecular formula is C14H16F3NO. The van der Waals surface area contributed by atoms with E-state index < -0.39 is 24.2 Å². The van der Waals surface area contributed by atoms with Crippen molar-refractivity contribution in [1.82, 2.24) is 4.90 Å². The molecule has 1 saturated heterocycles. The Balaban J connectivity index is 2.29. The summed E-state index contributed by atoms with van der Waals surface area (Å²) in [6, 6.07) is 3.86. The number of rotatable bonds is 2. The number of carbonyl (C=O) groups excluding carboxylic acids is 1. The molecule has 19 heavy (non-hydrogen) atoms. The zero-order valence-electron chi connectivity index (χ0n) is 10.9. The number of halogens is 3. The number of hydrogen-bond acceptors (Lipinski definition) is 1. The molecule has 1 amide bonds.